The molecule has 0 spiro atoms. The van der Waals surface area contributed by atoms with Crippen LogP contribution in [-0.2, 0) is 14.3 Å². The van der Waals surface area contributed by atoms with Gasteiger partial charge >= 0.3 is 0 Å². The minimum absolute atomic E-state index is 0.0427. The first-order valence-electron chi connectivity index (χ1n) is 12.1. The summed E-state index contributed by atoms with van der Waals surface area (Å²) < 4.78 is 7.50. The Morgan fingerprint density at radius 3 is 2.61 bits per heavy atom. The average Bonchev–Trinajstić information content (AvgIpc) is 3.49. The third-order valence-electron chi connectivity index (χ3n) is 5.90. The Kier molecular flexibility index (Phi) is 8.67. The van der Waals surface area contributed by atoms with E-state index < -0.39 is 0 Å². The van der Waals surface area contributed by atoms with Gasteiger partial charge in [-0.3, -0.25) is 19.5 Å². The molecule has 2 amide bonds. The Labute approximate surface area is 221 Å². The molecule has 9 heteroatoms. The van der Waals surface area contributed by atoms with Gasteiger partial charge in [0.15, 0.2) is 0 Å². The van der Waals surface area contributed by atoms with Crippen molar-refractivity contribution in [3.05, 3.63) is 64.8 Å². The Morgan fingerprint density at radius 1 is 1.17 bits per heavy atom. The highest BCUT2D eigenvalue weighted by Gasteiger charge is 2.25. The lowest BCUT2D eigenvalue weighted by Crippen LogP contribution is -2.42. The maximum Gasteiger partial charge on any atom is 0.246 e. The van der Waals surface area contributed by atoms with Crippen molar-refractivity contribution in [1.29, 1.82) is 0 Å². The second-order valence-corrected chi connectivity index (χ2v) is 10.2. The molecule has 0 unspecified atom stereocenters. The van der Waals surface area contributed by atoms with E-state index in [-0.39, 0.29) is 30.4 Å². The van der Waals surface area contributed by atoms with Crippen molar-refractivity contribution in [2.24, 2.45) is 5.92 Å². The third-order valence-corrected chi connectivity index (χ3v) is 6.39. The zero-order valence-corrected chi connectivity index (χ0v) is 21.9. The number of amides is 2. The van der Waals surface area contributed by atoms with E-state index in [2.05, 4.69) is 10.3 Å². The highest BCUT2D eigenvalue weighted by molar-refractivity contribution is 6.31. The molecular formula is C27H30Cl2N4O3. The van der Waals surface area contributed by atoms with E-state index in [9.17, 15) is 9.59 Å². The van der Waals surface area contributed by atoms with Crippen molar-refractivity contribution in [2.45, 2.75) is 39.2 Å². The lowest BCUT2D eigenvalue weighted by Gasteiger charge is -2.25. The minimum atomic E-state index is -0.332. The highest BCUT2D eigenvalue weighted by Crippen LogP contribution is 2.27. The maximum atomic E-state index is 13.2. The number of benzene rings is 2. The topological polar surface area (TPSA) is 76.5 Å². The number of hydrogen-bond acceptors (Lipinski definition) is 4. The van der Waals surface area contributed by atoms with Crippen molar-refractivity contribution in [1.82, 2.24) is 14.5 Å². The van der Waals surface area contributed by atoms with Crippen molar-refractivity contribution in [3.8, 4) is 16.9 Å². The number of imidazole rings is 1. The van der Waals surface area contributed by atoms with Gasteiger partial charge in [0.25, 0.3) is 0 Å². The largest absolute Gasteiger partial charge is 0.376 e. The summed E-state index contributed by atoms with van der Waals surface area (Å²) in [5, 5.41) is 4.09. The van der Waals surface area contributed by atoms with Gasteiger partial charge < -0.3 is 9.64 Å². The monoisotopic (exact) mass is 528 g/mol. The van der Waals surface area contributed by atoms with E-state index in [4.69, 9.17) is 27.9 Å². The van der Waals surface area contributed by atoms with Gasteiger partial charge in [-0.1, -0.05) is 55.2 Å². The number of hydrogen-bond donors (Lipinski definition) is 1. The van der Waals surface area contributed by atoms with E-state index in [1.807, 2.05) is 44.3 Å². The fourth-order valence-electron chi connectivity index (χ4n) is 4.16. The van der Waals surface area contributed by atoms with Gasteiger partial charge in [-0.2, -0.15) is 0 Å². The number of carbonyl (C=O) groups excluding carboxylic acids is 2. The van der Waals surface area contributed by atoms with Crippen LogP contribution in [0.15, 0.2) is 54.7 Å². The van der Waals surface area contributed by atoms with Crippen LogP contribution in [0.1, 0.15) is 33.1 Å². The summed E-state index contributed by atoms with van der Waals surface area (Å²) in [4.78, 5) is 32.4. The summed E-state index contributed by atoms with van der Waals surface area (Å²) in [6.07, 6.45) is 4.01. The van der Waals surface area contributed by atoms with Crippen LogP contribution in [0.3, 0.4) is 0 Å². The van der Waals surface area contributed by atoms with Gasteiger partial charge in [0.2, 0.25) is 17.8 Å². The van der Waals surface area contributed by atoms with Gasteiger partial charge in [-0.25, -0.2) is 4.98 Å². The number of nitrogens with zero attached hydrogens (tertiary/aromatic N) is 3. The first kappa shape index (κ1) is 26.2. The summed E-state index contributed by atoms with van der Waals surface area (Å²) in [5.74, 6) is 0.133. The average molecular weight is 529 g/mol. The minimum Gasteiger partial charge on any atom is -0.376 e. The Morgan fingerprint density at radius 2 is 1.94 bits per heavy atom. The molecule has 1 aromatic heterocycles. The number of halogens is 2. The van der Waals surface area contributed by atoms with Crippen LogP contribution < -0.4 is 5.32 Å². The fraction of sp³-hybridized carbons (Fsp3) is 0.370. The van der Waals surface area contributed by atoms with E-state index in [1.54, 1.807) is 33.7 Å². The van der Waals surface area contributed by atoms with E-state index in [0.29, 0.717) is 41.3 Å². The molecule has 2 aromatic carbocycles. The standard InChI is InChI=1S/C27H30Cl2N4O3/c1-18(2)13-26(35)32(15-23-7-4-12-36-23)17-25(34)31-27-30-24(19-8-10-20(28)11-9-19)16-33(27)22-6-3-5-21(29)14-22/h3,5-6,8-11,14,16,18,23H,4,7,12-13,15,17H2,1-2H3,(H,30,31,34)/t23-/m0/s1. The molecule has 0 radical (unpaired) electrons. The molecule has 0 aliphatic carbocycles. The Balaban J connectivity index is 1.58. The SMILES string of the molecule is CC(C)CC(=O)N(CC(=O)Nc1nc(-c2ccc(Cl)cc2)cn1-c1cccc(Cl)c1)C[C@@H]1CCCO1. The molecule has 1 atom stereocenters. The summed E-state index contributed by atoms with van der Waals surface area (Å²) in [7, 11) is 0. The van der Waals surface area contributed by atoms with Crippen LogP contribution >= 0.6 is 23.2 Å². The molecule has 0 saturated carbocycles. The van der Waals surface area contributed by atoms with E-state index >= 15 is 0 Å². The zero-order valence-electron chi connectivity index (χ0n) is 20.4. The number of ether oxygens (including phenoxy) is 1. The number of nitrogens with one attached hydrogen (secondary N) is 1. The molecule has 3 aromatic rings. The Hall–Kier alpha value is -2.87. The lowest BCUT2D eigenvalue weighted by atomic mass is 10.1. The van der Waals surface area contributed by atoms with Crippen LogP contribution in [0.5, 0.6) is 0 Å². The smallest absolute Gasteiger partial charge is 0.246 e. The van der Waals surface area contributed by atoms with Crippen LogP contribution in [0.2, 0.25) is 10.0 Å². The normalized spacial score (nSPS) is 15.3. The van der Waals surface area contributed by atoms with Gasteiger partial charge in [0.1, 0.15) is 6.54 Å². The molecule has 1 aliphatic heterocycles. The summed E-state index contributed by atoms with van der Waals surface area (Å²) in [5.41, 5.74) is 2.26. The number of aromatic nitrogens is 2. The molecule has 1 fully saturated rings. The fourth-order valence-corrected chi connectivity index (χ4v) is 4.47. The van der Waals surface area contributed by atoms with E-state index in [0.717, 1.165) is 24.1 Å². The molecular weight excluding hydrogens is 499 g/mol. The van der Waals surface area contributed by atoms with Crippen molar-refractivity contribution in [3.63, 3.8) is 0 Å². The molecule has 1 N–H and O–H groups in total. The van der Waals surface area contributed by atoms with Gasteiger partial charge in [0.05, 0.1) is 11.8 Å². The van der Waals surface area contributed by atoms with Gasteiger partial charge in [-0.15, -0.1) is 0 Å². The summed E-state index contributed by atoms with van der Waals surface area (Å²) in [6.45, 7) is 4.99. The molecule has 7 nitrogen and oxygen atoms in total. The molecule has 1 saturated heterocycles. The van der Waals surface area contributed by atoms with Crippen molar-refractivity contribution < 1.29 is 14.3 Å². The molecule has 2 heterocycles. The Bertz CT molecular complexity index is 1200. The van der Waals surface area contributed by atoms with Gasteiger partial charge in [0, 0.05) is 47.1 Å². The lowest BCUT2D eigenvalue weighted by molar-refractivity contribution is -0.136. The third kappa shape index (κ3) is 6.87. The van der Waals surface area contributed by atoms with Crippen molar-refractivity contribution >= 4 is 41.0 Å². The molecule has 1 aliphatic rings. The second kappa shape index (κ2) is 11.9. The molecule has 190 valence electrons. The first-order valence-corrected chi connectivity index (χ1v) is 12.8. The first-order chi connectivity index (χ1) is 17.3. The summed E-state index contributed by atoms with van der Waals surface area (Å²) >= 11 is 12.3. The molecule has 4 rings (SSSR count). The second-order valence-electron chi connectivity index (χ2n) is 9.36. The van der Waals surface area contributed by atoms with Crippen LogP contribution in [0.25, 0.3) is 16.9 Å². The number of carbonyl (C=O) groups is 2. The molecule has 0 bridgehead atoms. The van der Waals surface area contributed by atoms with Crippen LogP contribution in [0, 0.1) is 5.92 Å². The highest BCUT2D eigenvalue weighted by atomic mass is 35.5. The summed E-state index contributed by atoms with van der Waals surface area (Å²) in [6, 6.07) is 14.6. The van der Waals surface area contributed by atoms with E-state index in [1.165, 1.54) is 0 Å². The number of anilines is 1. The van der Waals surface area contributed by atoms with Crippen LogP contribution in [0.4, 0.5) is 5.95 Å². The van der Waals surface area contributed by atoms with Crippen molar-refractivity contribution in [2.75, 3.05) is 25.0 Å². The number of rotatable bonds is 9. The maximum absolute atomic E-state index is 13.2. The predicted molar refractivity (Wildman–Crippen MR) is 143 cm³/mol. The molecule has 36 heavy (non-hydrogen) atoms. The predicted octanol–water partition coefficient (Wildman–Crippen LogP) is 5.84. The van der Waals surface area contributed by atoms with Gasteiger partial charge in [-0.05, 0) is 49.1 Å². The quantitative estimate of drug-likeness (QED) is 0.378. The van der Waals surface area contributed by atoms with Crippen LogP contribution in [-0.4, -0.2) is 52.1 Å². The zero-order chi connectivity index (χ0) is 25.7.